The molecule has 1 amide bonds. The maximum Gasteiger partial charge on any atom is 0.305 e. The van der Waals surface area contributed by atoms with Crippen LogP contribution < -0.4 is 5.32 Å². The molecule has 0 aromatic heterocycles. The number of benzene rings is 1. The van der Waals surface area contributed by atoms with Gasteiger partial charge in [0.25, 0.3) is 5.91 Å². The highest BCUT2D eigenvalue weighted by Gasteiger charge is 2.09. The van der Waals surface area contributed by atoms with E-state index in [1.165, 1.54) is 25.3 Å². The third-order valence-corrected chi connectivity index (χ3v) is 2.19. The molecule has 17 heavy (non-hydrogen) atoms. The van der Waals surface area contributed by atoms with Crippen molar-refractivity contribution < 1.29 is 18.7 Å². The number of carbonyl (C=O) groups is 2. The van der Waals surface area contributed by atoms with E-state index < -0.39 is 11.7 Å². The van der Waals surface area contributed by atoms with Gasteiger partial charge in [-0.1, -0.05) is 12.1 Å². The first kappa shape index (κ1) is 13.2. The molecule has 0 heterocycles. The minimum atomic E-state index is -0.557. The van der Waals surface area contributed by atoms with Crippen molar-refractivity contribution in [1.29, 1.82) is 0 Å². The van der Waals surface area contributed by atoms with Crippen LogP contribution in [-0.2, 0) is 9.53 Å². The lowest BCUT2D eigenvalue weighted by Crippen LogP contribution is -2.25. The van der Waals surface area contributed by atoms with Crippen LogP contribution in [0.25, 0.3) is 0 Å². The van der Waals surface area contributed by atoms with Crippen molar-refractivity contribution in [3.05, 3.63) is 35.6 Å². The van der Waals surface area contributed by atoms with E-state index in [9.17, 15) is 14.0 Å². The lowest BCUT2D eigenvalue weighted by molar-refractivity contribution is -0.140. The normalized spacial score (nSPS) is 9.76. The molecule has 1 aromatic rings. The average Bonchev–Trinajstić information content (AvgIpc) is 2.34. The summed E-state index contributed by atoms with van der Waals surface area (Å²) in [5, 5.41) is 2.53. The second-order valence-corrected chi connectivity index (χ2v) is 3.42. The summed E-state index contributed by atoms with van der Waals surface area (Å²) in [7, 11) is 1.31. The van der Waals surface area contributed by atoms with E-state index in [2.05, 4.69) is 10.1 Å². The molecular formula is C12H14FNO3. The van der Waals surface area contributed by atoms with E-state index >= 15 is 0 Å². The second-order valence-electron chi connectivity index (χ2n) is 3.42. The van der Waals surface area contributed by atoms with E-state index in [0.29, 0.717) is 13.0 Å². The molecule has 0 atom stereocenters. The molecule has 0 bridgehead atoms. The number of hydrogen-bond acceptors (Lipinski definition) is 3. The summed E-state index contributed by atoms with van der Waals surface area (Å²) in [5.74, 6) is -1.36. The zero-order valence-electron chi connectivity index (χ0n) is 9.53. The molecule has 0 fully saturated rings. The Bertz CT molecular complexity index is 406. The maximum absolute atomic E-state index is 13.2. The van der Waals surface area contributed by atoms with Gasteiger partial charge in [-0.15, -0.1) is 0 Å². The van der Waals surface area contributed by atoms with Gasteiger partial charge >= 0.3 is 5.97 Å². The molecule has 1 aromatic carbocycles. The van der Waals surface area contributed by atoms with Crippen molar-refractivity contribution >= 4 is 11.9 Å². The Morgan fingerprint density at radius 2 is 2.06 bits per heavy atom. The minimum absolute atomic E-state index is 0.00516. The summed E-state index contributed by atoms with van der Waals surface area (Å²) in [6.07, 6.45) is 0.695. The number of nitrogens with one attached hydrogen (secondary N) is 1. The Kier molecular flexibility index (Phi) is 5.13. The van der Waals surface area contributed by atoms with Crippen molar-refractivity contribution in [1.82, 2.24) is 5.32 Å². The molecule has 5 heteroatoms. The van der Waals surface area contributed by atoms with Gasteiger partial charge in [0.2, 0.25) is 0 Å². The van der Waals surface area contributed by atoms with Crippen LogP contribution in [0.2, 0.25) is 0 Å². The van der Waals surface area contributed by atoms with Gasteiger partial charge in [-0.25, -0.2) is 4.39 Å². The third kappa shape index (κ3) is 4.22. The van der Waals surface area contributed by atoms with Crippen LogP contribution in [0.15, 0.2) is 24.3 Å². The number of halogens is 1. The quantitative estimate of drug-likeness (QED) is 0.626. The predicted molar refractivity (Wildman–Crippen MR) is 60.0 cm³/mol. The van der Waals surface area contributed by atoms with Crippen molar-refractivity contribution in [2.75, 3.05) is 13.7 Å². The molecule has 0 saturated carbocycles. The van der Waals surface area contributed by atoms with Crippen LogP contribution in [0.3, 0.4) is 0 Å². The van der Waals surface area contributed by atoms with Crippen molar-refractivity contribution in [3.63, 3.8) is 0 Å². The highest BCUT2D eigenvalue weighted by molar-refractivity contribution is 5.94. The van der Waals surface area contributed by atoms with E-state index in [1.807, 2.05) is 0 Å². The number of esters is 1. The molecule has 0 spiro atoms. The monoisotopic (exact) mass is 239 g/mol. The standard InChI is InChI=1S/C12H14FNO3/c1-17-11(15)7-4-8-14-12(16)9-5-2-3-6-10(9)13/h2-3,5-6H,4,7-8H2,1H3,(H,14,16). The fourth-order valence-electron chi connectivity index (χ4n) is 1.28. The van der Waals surface area contributed by atoms with E-state index in [4.69, 9.17) is 0 Å². The summed E-state index contributed by atoms with van der Waals surface area (Å²) in [6.45, 7) is 0.308. The number of hydrogen-bond donors (Lipinski definition) is 1. The minimum Gasteiger partial charge on any atom is -0.469 e. The van der Waals surface area contributed by atoms with Crippen LogP contribution in [0.1, 0.15) is 23.2 Å². The fourth-order valence-corrected chi connectivity index (χ4v) is 1.28. The first-order valence-corrected chi connectivity index (χ1v) is 5.24. The second kappa shape index (κ2) is 6.62. The number of rotatable bonds is 5. The van der Waals surface area contributed by atoms with Crippen LogP contribution >= 0.6 is 0 Å². The number of carbonyl (C=O) groups excluding carboxylic acids is 2. The summed E-state index contributed by atoms with van der Waals surface area (Å²) >= 11 is 0. The van der Waals surface area contributed by atoms with Gasteiger partial charge in [0.1, 0.15) is 5.82 Å². The molecule has 0 saturated heterocycles. The van der Waals surface area contributed by atoms with Crippen LogP contribution in [0.4, 0.5) is 4.39 Å². The molecule has 0 unspecified atom stereocenters. The van der Waals surface area contributed by atoms with Crippen LogP contribution in [0.5, 0.6) is 0 Å². The number of ether oxygens (including phenoxy) is 1. The molecule has 0 radical (unpaired) electrons. The van der Waals surface area contributed by atoms with E-state index in [0.717, 1.165) is 0 Å². The Balaban J connectivity index is 2.36. The highest BCUT2D eigenvalue weighted by Crippen LogP contribution is 2.05. The zero-order chi connectivity index (χ0) is 12.7. The number of methoxy groups -OCH3 is 1. The van der Waals surface area contributed by atoms with Crippen molar-refractivity contribution in [2.45, 2.75) is 12.8 Å². The molecule has 1 N–H and O–H groups in total. The van der Waals surface area contributed by atoms with Gasteiger partial charge in [0.15, 0.2) is 0 Å². The van der Waals surface area contributed by atoms with Crippen LogP contribution in [-0.4, -0.2) is 25.5 Å². The topological polar surface area (TPSA) is 55.4 Å². The molecule has 4 nitrogen and oxygen atoms in total. The third-order valence-electron chi connectivity index (χ3n) is 2.19. The van der Waals surface area contributed by atoms with Gasteiger partial charge < -0.3 is 10.1 Å². The molecular weight excluding hydrogens is 225 g/mol. The summed E-state index contributed by atoms with van der Waals surface area (Å²) in [5.41, 5.74) is 0.00516. The molecule has 0 aliphatic carbocycles. The van der Waals surface area contributed by atoms with Crippen LogP contribution in [0, 0.1) is 5.82 Å². The Morgan fingerprint density at radius 3 is 2.71 bits per heavy atom. The Morgan fingerprint density at radius 1 is 1.35 bits per heavy atom. The molecule has 0 aliphatic rings. The maximum atomic E-state index is 13.2. The summed E-state index contributed by atoms with van der Waals surface area (Å²) in [4.78, 5) is 22.3. The van der Waals surface area contributed by atoms with E-state index in [1.54, 1.807) is 6.07 Å². The number of amides is 1. The summed E-state index contributed by atoms with van der Waals surface area (Å²) < 4.78 is 17.6. The smallest absolute Gasteiger partial charge is 0.305 e. The fraction of sp³-hybridized carbons (Fsp3) is 0.333. The average molecular weight is 239 g/mol. The van der Waals surface area contributed by atoms with Crippen molar-refractivity contribution in [2.24, 2.45) is 0 Å². The van der Waals surface area contributed by atoms with Gasteiger partial charge in [0, 0.05) is 13.0 Å². The van der Waals surface area contributed by atoms with Gasteiger partial charge in [0.05, 0.1) is 12.7 Å². The molecule has 1 rings (SSSR count). The largest absolute Gasteiger partial charge is 0.469 e. The first-order chi connectivity index (χ1) is 8.15. The lowest BCUT2D eigenvalue weighted by Gasteiger charge is -2.05. The van der Waals surface area contributed by atoms with Gasteiger partial charge in [-0.3, -0.25) is 9.59 Å². The molecule has 0 aliphatic heterocycles. The highest BCUT2D eigenvalue weighted by atomic mass is 19.1. The Labute approximate surface area is 98.8 Å². The first-order valence-electron chi connectivity index (χ1n) is 5.24. The van der Waals surface area contributed by atoms with Crippen molar-refractivity contribution in [3.8, 4) is 0 Å². The Hall–Kier alpha value is -1.91. The van der Waals surface area contributed by atoms with E-state index in [-0.39, 0.29) is 18.0 Å². The summed E-state index contributed by atoms with van der Waals surface area (Å²) in [6, 6.07) is 5.74. The predicted octanol–water partition coefficient (Wildman–Crippen LogP) is 1.51. The van der Waals surface area contributed by atoms with Gasteiger partial charge in [-0.2, -0.15) is 0 Å². The lowest BCUT2D eigenvalue weighted by atomic mass is 10.2. The SMILES string of the molecule is COC(=O)CCCNC(=O)c1ccccc1F. The van der Waals surface area contributed by atoms with Gasteiger partial charge in [-0.05, 0) is 18.6 Å². The zero-order valence-corrected chi connectivity index (χ0v) is 9.53. The molecule has 92 valence electrons.